The van der Waals surface area contributed by atoms with Gasteiger partial charge in [0.15, 0.2) is 0 Å². The maximum absolute atomic E-state index is 11.9. The van der Waals surface area contributed by atoms with E-state index in [1.54, 1.807) is 24.3 Å². The van der Waals surface area contributed by atoms with E-state index < -0.39 is 12.0 Å². The molecule has 0 saturated carbocycles. The van der Waals surface area contributed by atoms with Gasteiger partial charge in [-0.05, 0) is 30.3 Å². The molecule has 2 rings (SSSR count). The number of nitrogens with one attached hydrogen (secondary N) is 2. The molecule has 0 aliphatic heterocycles. The second-order valence-corrected chi connectivity index (χ2v) is 4.87. The lowest BCUT2D eigenvalue weighted by molar-refractivity contribution is 0.0697. The summed E-state index contributed by atoms with van der Waals surface area (Å²) in [6.45, 7) is 0. The van der Waals surface area contributed by atoms with Gasteiger partial charge in [0.1, 0.15) is 0 Å². The molecule has 0 bridgehead atoms. The fraction of sp³-hybridized carbons (Fsp3) is 0. The number of hydrogen-bond acceptors (Lipinski definition) is 2. The maximum Gasteiger partial charge on any atom is 0.335 e. The van der Waals surface area contributed by atoms with E-state index in [0.717, 1.165) is 0 Å². The summed E-state index contributed by atoms with van der Waals surface area (Å²) in [5.74, 6) is -1.11. The third kappa shape index (κ3) is 3.87. The van der Waals surface area contributed by atoms with Crippen LogP contribution in [0, 0.1) is 0 Å². The Balaban J connectivity index is 2.15. The van der Waals surface area contributed by atoms with Crippen LogP contribution in [0.5, 0.6) is 0 Å². The lowest BCUT2D eigenvalue weighted by Crippen LogP contribution is -2.20. The van der Waals surface area contributed by atoms with E-state index in [4.69, 9.17) is 28.3 Å². The van der Waals surface area contributed by atoms with E-state index in [1.807, 2.05) is 0 Å². The minimum Gasteiger partial charge on any atom is -0.478 e. The van der Waals surface area contributed by atoms with E-state index >= 15 is 0 Å². The fourth-order valence-electron chi connectivity index (χ4n) is 1.59. The zero-order valence-corrected chi connectivity index (χ0v) is 12.1. The largest absolute Gasteiger partial charge is 0.478 e. The van der Waals surface area contributed by atoms with Gasteiger partial charge < -0.3 is 15.7 Å². The number of halogens is 2. The molecule has 2 aromatic carbocycles. The minimum absolute atomic E-state index is 0.0208. The Hall–Kier alpha value is -2.24. The summed E-state index contributed by atoms with van der Waals surface area (Å²) in [4.78, 5) is 22.8. The molecule has 0 aliphatic carbocycles. The summed E-state index contributed by atoms with van der Waals surface area (Å²) >= 11 is 11.8. The Morgan fingerprint density at radius 2 is 1.52 bits per heavy atom. The molecule has 0 aromatic heterocycles. The van der Waals surface area contributed by atoms with Gasteiger partial charge in [0.25, 0.3) is 0 Å². The Labute approximate surface area is 130 Å². The van der Waals surface area contributed by atoms with E-state index in [9.17, 15) is 9.59 Å². The number of rotatable bonds is 3. The third-order valence-corrected chi connectivity index (χ3v) is 3.24. The van der Waals surface area contributed by atoms with Gasteiger partial charge in [-0.1, -0.05) is 35.3 Å². The zero-order chi connectivity index (χ0) is 15.4. The average molecular weight is 325 g/mol. The Morgan fingerprint density at radius 3 is 2.19 bits per heavy atom. The van der Waals surface area contributed by atoms with Gasteiger partial charge in [0, 0.05) is 0 Å². The van der Waals surface area contributed by atoms with Crippen molar-refractivity contribution in [2.75, 3.05) is 10.6 Å². The zero-order valence-electron chi connectivity index (χ0n) is 10.6. The van der Waals surface area contributed by atoms with Gasteiger partial charge in [-0.15, -0.1) is 0 Å². The molecule has 0 fully saturated rings. The Bertz CT molecular complexity index is 704. The van der Waals surface area contributed by atoms with Crippen molar-refractivity contribution < 1.29 is 14.7 Å². The molecule has 0 heterocycles. The Kier molecular flexibility index (Phi) is 4.67. The van der Waals surface area contributed by atoms with E-state index in [2.05, 4.69) is 10.6 Å². The molecule has 3 N–H and O–H groups in total. The van der Waals surface area contributed by atoms with Crippen LogP contribution in [0.15, 0.2) is 42.5 Å². The molecular formula is C14H10Cl2N2O3. The van der Waals surface area contributed by atoms with Gasteiger partial charge in [-0.2, -0.15) is 0 Å². The molecule has 0 aliphatic rings. The highest BCUT2D eigenvalue weighted by molar-refractivity contribution is 6.34. The van der Waals surface area contributed by atoms with Crippen molar-refractivity contribution in [1.82, 2.24) is 0 Å². The van der Waals surface area contributed by atoms with Gasteiger partial charge in [0.2, 0.25) is 0 Å². The number of aromatic carboxylic acids is 1. The number of carbonyl (C=O) groups is 2. The number of para-hydroxylation sites is 1. The molecule has 2 amide bonds. The second kappa shape index (κ2) is 6.47. The van der Waals surface area contributed by atoms with Crippen LogP contribution in [-0.2, 0) is 0 Å². The number of urea groups is 1. The van der Waals surface area contributed by atoms with Crippen LogP contribution in [0.3, 0.4) is 0 Å². The van der Waals surface area contributed by atoms with E-state index in [-0.39, 0.29) is 16.3 Å². The molecular weight excluding hydrogens is 315 g/mol. The van der Waals surface area contributed by atoms with Gasteiger partial charge >= 0.3 is 12.0 Å². The molecule has 21 heavy (non-hydrogen) atoms. The van der Waals surface area contributed by atoms with Crippen molar-refractivity contribution in [2.24, 2.45) is 0 Å². The molecule has 0 unspecified atom stereocenters. The molecule has 0 saturated heterocycles. The smallest absolute Gasteiger partial charge is 0.335 e. The molecule has 7 heteroatoms. The number of carboxylic acids is 1. The standard InChI is InChI=1S/C14H10Cl2N2O3/c15-9-3-1-2-4-11(9)17-14(21)18-12-7-8(13(19)20)5-6-10(12)16/h1-7H,(H,19,20)(H2,17,18,21). The summed E-state index contributed by atoms with van der Waals surface area (Å²) in [6, 6.07) is 10.2. The van der Waals surface area contributed by atoms with Crippen molar-refractivity contribution in [2.45, 2.75) is 0 Å². The SMILES string of the molecule is O=C(Nc1ccccc1Cl)Nc1cc(C(=O)O)ccc1Cl. The lowest BCUT2D eigenvalue weighted by atomic mass is 10.2. The van der Waals surface area contributed by atoms with Crippen LogP contribution in [0.1, 0.15) is 10.4 Å². The topological polar surface area (TPSA) is 78.4 Å². The highest BCUT2D eigenvalue weighted by atomic mass is 35.5. The van der Waals surface area contributed by atoms with Crippen molar-refractivity contribution in [3.8, 4) is 0 Å². The summed E-state index contributed by atoms with van der Waals surface area (Å²) in [5, 5.41) is 14.6. The first-order valence-electron chi connectivity index (χ1n) is 5.83. The van der Waals surface area contributed by atoms with Crippen molar-refractivity contribution >= 4 is 46.6 Å². The first kappa shape index (κ1) is 15.2. The number of amides is 2. The van der Waals surface area contributed by atoms with Crippen LogP contribution >= 0.6 is 23.2 Å². The van der Waals surface area contributed by atoms with Gasteiger partial charge in [-0.3, -0.25) is 0 Å². The third-order valence-electron chi connectivity index (χ3n) is 2.58. The van der Waals surface area contributed by atoms with Crippen LogP contribution in [0.4, 0.5) is 16.2 Å². The van der Waals surface area contributed by atoms with Crippen LogP contribution in [0.2, 0.25) is 10.0 Å². The predicted molar refractivity (Wildman–Crippen MR) is 82.5 cm³/mol. The van der Waals surface area contributed by atoms with Crippen molar-refractivity contribution in [3.63, 3.8) is 0 Å². The lowest BCUT2D eigenvalue weighted by Gasteiger charge is -2.10. The molecule has 0 spiro atoms. The first-order chi connectivity index (χ1) is 9.97. The Morgan fingerprint density at radius 1 is 0.905 bits per heavy atom. The van der Waals surface area contributed by atoms with Crippen LogP contribution in [0.25, 0.3) is 0 Å². The summed E-state index contributed by atoms with van der Waals surface area (Å²) in [6.07, 6.45) is 0. The first-order valence-corrected chi connectivity index (χ1v) is 6.58. The molecule has 5 nitrogen and oxygen atoms in total. The minimum atomic E-state index is -1.11. The van der Waals surface area contributed by atoms with E-state index in [1.165, 1.54) is 18.2 Å². The summed E-state index contributed by atoms with van der Waals surface area (Å²) < 4.78 is 0. The summed E-state index contributed by atoms with van der Waals surface area (Å²) in [5.41, 5.74) is 0.649. The second-order valence-electron chi connectivity index (χ2n) is 4.06. The summed E-state index contributed by atoms with van der Waals surface area (Å²) in [7, 11) is 0. The monoisotopic (exact) mass is 324 g/mol. The molecule has 108 valence electrons. The number of anilines is 2. The number of hydrogen-bond donors (Lipinski definition) is 3. The van der Waals surface area contributed by atoms with Crippen LogP contribution < -0.4 is 10.6 Å². The van der Waals surface area contributed by atoms with E-state index in [0.29, 0.717) is 10.7 Å². The van der Waals surface area contributed by atoms with Crippen molar-refractivity contribution in [3.05, 3.63) is 58.1 Å². The number of benzene rings is 2. The van der Waals surface area contributed by atoms with Gasteiger partial charge in [0.05, 0.1) is 27.0 Å². The highest BCUT2D eigenvalue weighted by Gasteiger charge is 2.11. The highest BCUT2D eigenvalue weighted by Crippen LogP contribution is 2.24. The molecule has 2 aromatic rings. The number of carboxylic acid groups (broad SMARTS) is 1. The predicted octanol–water partition coefficient (Wildman–Crippen LogP) is 4.34. The molecule has 0 radical (unpaired) electrons. The quantitative estimate of drug-likeness (QED) is 0.785. The van der Waals surface area contributed by atoms with Gasteiger partial charge in [-0.25, -0.2) is 9.59 Å². The fourth-order valence-corrected chi connectivity index (χ4v) is 1.94. The molecule has 0 atom stereocenters. The maximum atomic E-state index is 11.9. The normalized spacial score (nSPS) is 10.0. The number of carbonyl (C=O) groups excluding carboxylic acids is 1. The van der Waals surface area contributed by atoms with Crippen LogP contribution in [-0.4, -0.2) is 17.1 Å². The average Bonchev–Trinajstić information content (AvgIpc) is 2.43. The van der Waals surface area contributed by atoms with Crippen molar-refractivity contribution in [1.29, 1.82) is 0 Å².